The summed E-state index contributed by atoms with van der Waals surface area (Å²) in [6, 6.07) is 8.64. The van der Waals surface area contributed by atoms with Crippen molar-refractivity contribution in [3.05, 3.63) is 48.4 Å². The molecule has 0 radical (unpaired) electrons. The maximum atomic E-state index is 12.7. The summed E-state index contributed by atoms with van der Waals surface area (Å²) in [5, 5.41) is 23.5. The molecule has 1 aromatic heterocycles. The Hall–Kier alpha value is -2.43. The summed E-state index contributed by atoms with van der Waals surface area (Å²) in [7, 11) is 1.83. The number of halogens is 3. The van der Waals surface area contributed by atoms with E-state index in [0.29, 0.717) is 12.7 Å². The highest BCUT2D eigenvalue weighted by Crippen LogP contribution is 2.28. The number of nitrogens with zero attached hydrogens (tertiary/aromatic N) is 3. The Balaban J connectivity index is 1.62. The predicted octanol–water partition coefficient (Wildman–Crippen LogP) is 1.53. The van der Waals surface area contributed by atoms with Crippen molar-refractivity contribution in [1.82, 2.24) is 9.97 Å². The molecule has 0 aliphatic carbocycles. The number of aliphatic hydroxyl groups excluding tert-OH is 2. The molecule has 3 N–H and O–H groups in total. The van der Waals surface area contributed by atoms with Gasteiger partial charge in [0.2, 0.25) is 0 Å². The van der Waals surface area contributed by atoms with Gasteiger partial charge in [-0.15, -0.1) is 0 Å². The molecule has 0 unspecified atom stereocenters. The Morgan fingerprint density at radius 3 is 2.57 bits per heavy atom. The van der Waals surface area contributed by atoms with Gasteiger partial charge in [-0.2, -0.15) is 13.2 Å². The third-order valence-corrected chi connectivity index (χ3v) is 4.54. The molecule has 1 aliphatic rings. The van der Waals surface area contributed by atoms with Crippen molar-refractivity contribution in [3.63, 3.8) is 0 Å². The number of aromatic nitrogens is 2. The van der Waals surface area contributed by atoms with Crippen LogP contribution in [0.3, 0.4) is 0 Å². The van der Waals surface area contributed by atoms with E-state index >= 15 is 0 Å². The Labute approximate surface area is 159 Å². The minimum absolute atomic E-state index is 0.0105. The van der Waals surface area contributed by atoms with Gasteiger partial charge in [0.05, 0.1) is 25.0 Å². The third-order valence-electron chi connectivity index (χ3n) is 4.54. The lowest BCUT2D eigenvalue weighted by Crippen LogP contribution is -2.58. The monoisotopic (exact) mass is 398 g/mol. The van der Waals surface area contributed by atoms with E-state index in [1.807, 2.05) is 42.3 Å². The molecular weight excluding hydrogens is 377 g/mol. The number of likely N-dealkylation sites (N-methyl/N-ethyl adjacent to an activating group) is 1. The number of hydrogen-bond donors (Lipinski definition) is 3. The number of anilines is 2. The van der Waals surface area contributed by atoms with E-state index in [9.17, 15) is 23.4 Å². The molecule has 7 nitrogen and oxygen atoms in total. The van der Waals surface area contributed by atoms with E-state index in [-0.39, 0.29) is 12.4 Å². The summed E-state index contributed by atoms with van der Waals surface area (Å²) >= 11 is 0. The normalized spacial score (nSPS) is 25.4. The van der Waals surface area contributed by atoms with Crippen LogP contribution in [0.15, 0.2) is 42.7 Å². The molecule has 10 heteroatoms. The van der Waals surface area contributed by atoms with Crippen LogP contribution in [0.5, 0.6) is 0 Å². The zero-order chi connectivity index (χ0) is 20.3. The summed E-state index contributed by atoms with van der Waals surface area (Å²) < 4.78 is 43.9. The maximum absolute atomic E-state index is 12.7. The molecule has 2 heterocycles. The fourth-order valence-electron chi connectivity index (χ4n) is 2.99. The Kier molecular flexibility index (Phi) is 6.01. The smallest absolute Gasteiger partial charge is 0.388 e. The molecule has 0 amide bonds. The van der Waals surface area contributed by atoms with E-state index in [1.165, 1.54) is 0 Å². The van der Waals surface area contributed by atoms with Gasteiger partial charge in [0, 0.05) is 19.3 Å². The van der Waals surface area contributed by atoms with Crippen LogP contribution in [0.1, 0.15) is 5.69 Å². The summed E-state index contributed by atoms with van der Waals surface area (Å²) in [5.41, 5.74) is -0.223. The number of ether oxygens (including phenoxy) is 1. The fraction of sp³-hybridized carbons (Fsp3) is 0.444. The molecule has 0 bridgehead atoms. The standard InChI is InChI=1S/C18H21F3N4O3/c1-25(11-5-3-2-4-6-11)9-13-17(27)16(26)12(10-28-13)23-15-8-22-7-14(24-15)18(19,20)21/h2-8,12-13,16-17,26-27H,9-10H2,1H3,(H,23,24)/t12-,13+,16+,17-/m0/s1. The van der Waals surface area contributed by atoms with Gasteiger partial charge in [-0.25, -0.2) is 4.98 Å². The Morgan fingerprint density at radius 1 is 1.18 bits per heavy atom. The van der Waals surface area contributed by atoms with Crippen LogP contribution in [-0.4, -0.2) is 64.7 Å². The van der Waals surface area contributed by atoms with Gasteiger partial charge in [0.25, 0.3) is 0 Å². The van der Waals surface area contributed by atoms with Crippen molar-refractivity contribution >= 4 is 11.5 Å². The predicted molar refractivity (Wildman–Crippen MR) is 95.9 cm³/mol. The lowest BCUT2D eigenvalue weighted by atomic mass is 9.97. The molecule has 0 spiro atoms. The topological polar surface area (TPSA) is 90.7 Å². The van der Waals surface area contributed by atoms with Crippen molar-refractivity contribution in [3.8, 4) is 0 Å². The van der Waals surface area contributed by atoms with E-state index in [4.69, 9.17) is 4.74 Å². The lowest BCUT2D eigenvalue weighted by molar-refractivity contribution is -0.141. The SMILES string of the molecule is CN(C[C@H]1OC[C@H](Nc2cncc(C(F)(F)F)n2)[C@@H](O)[C@H]1O)c1ccccc1. The third kappa shape index (κ3) is 4.70. The fourth-order valence-corrected chi connectivity index (χ4v) is 2.99. The van der Waals surface area contributed by atoms with E-state index in [2.05, 4.69) is 15.3 Å². The number of benzene rings is 1. The average Bonchev–Trinajstić information content (AvgIpc) is 2.68. The Bertz CT molecular complexity index is 778. The van der Waals surface area contributed by atoms with Gasteiger partial charge in [0.1, 0.15) is 24.1 Å². The lowest BCUT2D eigenvalue weighted by Gasteiger charge is -2.39. The second kappa shape index (κ2) is 8.29. The minimum Gasteiger partial charge on any atom is -0.388 e. The minimum atomic E-state index is -4.63. The van der Waals surface area contributed by atoms with Crippen LogP contribution in [0.25, 0.3) is 0 Å². The van der Waals surface area contributed by atoms with Gasteiger partial charge < -0.3 is 25.2 Å². The van der Waals surface area contributed by atoms with E-state index in [1.54, 1.807) is 0 Å². The highest BCUT2D eigenvalue weighted by molar-refractivity contribution is 5.45. The molecule has 2 aromatic rings. The van der Waals surface area contributed by atoms with Crippen molar-refractivity contribution in [2.24, 2.45) is 0 Å². The van der Waals surface area contributed by atoms with Gasteiger partial charge in [-0.05, 0) is 12.1 Å². The van der Waals surface area contributed by atoms with Crippen LogP contribution in [0.4, 0.5) is 24.7 Å². The first-order valence-corrected chi connectivity index (χ1v) is 8.65. The molecule has 0 saturated carbocycles. The summed E-state index contributed by atoms with van der Waals surface area (Å²) in [4.78, 5) is 8.84. The van der Waals surface area contributed by atoms with E-state index < -0.39 is 36.2 Å². The van der Waals surface area contributed by atoms with Crippen molar-refractivity contribution in [1.29, 1.82) is 0 Å². The van der Waals surface area contributed by atoms with Gasteiger partial charge in [-0.3, -0.25) is 4.98 Å². The summed E-state index contributed by atoms with van der Waals surface area (Å²) in [5.74, 6) is -0.158. The van der Waals surface area contributed by atoms with Gasteiger partial charge in [-0.1, -0.05) is 18.2 Å². The quantitative estimate of drug-likeness (QED) is 0.704. The zero-order valence-electron chi connectivity index (χ0n) is 15.0. The largest absolute Gasteiger partial charge is 0.434 e. The number of alkyl halides is 3. The molecule has 1 saturated heterocycles. The number of rotatable bonds is 5. The number of nitrogens with one attached hydrogen (secondary N) is 1. The molecule has 28 heavy (non-hydrogen) atoms. The van der Waals surface area contributed by atoms with Gasteiger partial charge >= 0.3 is 6.18 Å². The van der Waals surface area contributed by atoms with Crippen molar-refractivity contribution in [2.75, 3.05) is 30.4 Å². The second-order valence-corrected chi connectivity index (χ2v) is 6.61. The Morgan fingerprint density at radius 2 is 1.89 bits per heavy atom. The van der Waals surface area contributed by atoms with Crippen LogP contribution >= 0.6 is 0 Å². The summed E-state index contributed by atoms with van der Waals surface area (Å²) in [6.45, 7) is 0.321. The van der Waals surface area contributed by atoms with Crippen LogP contribution in [-0.2, 0) is 10.9 Å². The molecular formula is C18H21F3N4O3. The molecule has 4 atom stereocenters. The highest BCUT2D eigenvalue weighted by atomic mass is 19.4. The molecule has 1 aromatic carbocycles. The van der Waals surface area contributed by atoms with Gasteiger partial charge in [0.15, 0.2) is 5.69 Å². The van der Waals surface area contributed by atoms with Crippen molar-refractivity contribution < 1.29 is 28.1 Å². The first-order valence-electron chi connectivity index (χ1n) is 8.65. The first-order chi connectivity index (χ1) is 13.3. The molecule has 1 fully saturated rings. The number of para-hydroxylation sites is 1. The summed E-state index contributed by atoms with van der Waals surface area (Å²) in [6.07, 6.45) is -6.03. The second-order valence-electron chi connectivity index (χ2n) is 6.61. The molecule has 1 aliphatic heterocycles. The van der Waals surface area contributed by atoms with Crippen molar-refractivity contribution in [2.45, 2.75) is 30.5 Å². The van der Waals surface area contributed by atoms with Crippen LogP contribution in [0.2, 0.25) is 0 Å². The maximum Gasteiger partial charge on any atom is 0.434 e. The van der Waals surface area contributed by atoms with Crippen LogP contribution < -0.4 is 10.2 Å². The average molecular weight is 398 g/mol. The first kappa shape index (κ1) is 20.3. The number of aliphatic hydroxyl groups is 2. The number of hydrogen-bond acceptors (Lipinski definition) is 7. The zero-order valence-corrected chi connectivity index (χ0v) is 15.0. The van der Waals surface area contributed by atoms with Crippen LogP contribution in [0, 0.1) is 0 Å². The highest BCUT2D eigenvalue weighted by Gasteiger charge is 2.39. The van der Waals surface area contributed by atoms with E-state index in [0.717, 1.165) is 11.9 Å². The molecule has 3 rings (SSSR count). The molecule has 152 valence electrons.